The molecule has 6 rings (SSSR count). The number of non-ortho nitro benzene ring substituents is 2. The Labute approximate surface area is 213 Å². The fraction of sp³-hybridized carbons (Fsp3) is 0. The van der Waals surface area contributed by atoms with Gasteiger partial charge in [0.25, 0.3) is 11.4 Å². The van der Waals surface area contributed by atoms with Gasteiger partial charge in [-0.25, -0.2) is 4.99 Å². The molecule has 4 aromatic carbocycles. The lowest BCUT2D eigenvalue weighted by Crippen LogP contribution is -2.11. The molecule has 2 heterocycles. The number of aromatic amines is 1. The lowest BCUT2D eigenvalue weighted by Gasteiger charge is -2.04. The molecule has 0 atom stereocenters. The molecular weight excluding hydrogens is 488 g/mol. The zero-order valence-electron chi connectivity index (χ0n) is 19.4. The molecular formula is C28H16N4O6. The maximum Gasteiger partial charge on any atom is 0.269 e. The van der Waals surface area contributed by atoms with Crippen LogP contribution in [0.25, 0.3) is 33.2 Å². The molecule has 0 saturated carbocycles. The van der Waals surface area contributed by atoms with E-state index in [9.17, 15) is 30.1 Å². The van der Waals surface area contributed by atoms with Crippen LogP contribution < -0.4 is 0 Å². The molecule has 10 heteroatoms. The van der Waals surface area contributed by atoms with Gasteiger partial charge >= 0.3 is 0 Å². The Kier molecular flexibility index (Phi) is 5.09. The molecule has 1 aliphatic rings. The van der Waals surface area contributed by atoms with E-state index in [1.807, 2.05) is 6.07 Å². The van der Waals surface area contributed by atoms with E-state index in [0.717, 1.165) is 11.1 Å². The molecule has 0 radical (unpaired) electrons. The molecule has 0 amide bonds. The van der Waals surface area contributed by atoms with Crippen LogP contribution in [0.5, 0.6) is 5.75 Å². The molecule has 0 fully saturated rings. The predicted octanol–water partition coefficient (Wildman–Crippen LogP) is 6.34. The summed E-state index contributed by atoms with van der Waals surface area (Å²) in [4.78, 5) is 41.8. The number of fused-ring (bicyclic) bond motifs is 2. The lowest BCUT2D eigenvalue weighted by atomic mass is 9.99. The maximum absolute atomic E-state index is 13.3. The quantitative estimate of drug-likeness (QED) is 0.210. The van der Waals surface area contributed by atoms with Crippen molar-refractivity contribution in [2.75, 3.05) is 0 Å². The first-order valence-electron chi connectivity index (χ1n) is 11.4. The number of carbonyl (C=O) groups is 1. The monoisotopic (exact) mass is 504 g/mol. The number of Topliss-reactive ketones (excluding diaryl/α,β-unsaturated/α-hetero) is 1. The second kappa shape index (κ2) is 8.49. The number of nitro groups is 2. The second-order valence-corrected chi connectivity index (χ2v) is 8.74. The van der Waals surface area contributed by atoms with Crippen molar-refractivity contribution in [3.63, 3.8) is 0 Å². The van der Waals surface area contributed by atoms with Gasteiger partial charge in [-0.15, -0.1) is 0 Å². The number of ketones is 1. The first kappa shape index (κ1) is 22.8. The molecule has 0 bridgehead atoms. The first-order valence-corrected chi connectivity index (χ1v) is 11.4. The van der Waals surface area contributed by atoms with Crippen LogP contribution >= 0.6 is 0 Å². The average Bonchev–Trinajstić information content (AvgIpc) is 3.44. The Morgan fingerprint density at radius 3 is 1.82 bits per heavy atom. The van der Waals surface area contributed by atoms with Crippen LogP contribution in [0.1, 0.15) is 16.1 Å². The van der Waals surface area contributed by atoms with Crippen molar-refractivity contribution in [3.05, 3.63) is 116 Å². The number of hydrogen-bond acceptors (Lipinski definition) is 7. The molecule has 10 nitrogen and oxygen atoms in total. The SMILES string of the molecule is O=C1C(c2[nH]c3ccc(-c4ccc([N+](=O)[O-])cc4)cc3c2O)=Nc2ccc(-c3ccc([N+](=O)[O-])cc3)cc21. The lowest BCUT2D eigenvalue weighted by molar-refractivity contribution is -0.385. The van der Waals surface area contributed by atoms with E-state index in [0.29, 0.717) is 33.3 Å². The molecule has 184 valence electrons. The van der Waals surface area contributed by atoms with Crippen LogP contribution in [-0.2, 0) is 0 Å². The van der Waals surface area contributed by atoms with E-state index in [1.165, 1.54) is 24.3 Å². The van der Waals surface area contributed by atoms with Gasteiger partial charge in [0, 0.05) is 35.2 Å². The Hall–Kier alpha value is -5.64. The van der Waals surface area contributed by atoms with E-state index < -0.39 is 9.85 Å². The highest BCUT2D eigenvalue weighted by Gasteiger charge is 2.30. The van der Waals surface area contributed by atoms with Gasteiger partial charge in [-0.2, -0.15) is 0 Å². The van der Waals surface area contributed by atoms with Crippen LogP contribution in [0, 0.1) is 20.2 Å². The van der Waals surface area contributed by atoms with Crippen LogP contribution in [0.15, 0.2) is 89.9 Å². The van der Waals surface area contributed by atoms with Gasteiger partial charge in [0.2, 0.25) is 5.78 Å². The molecule has 0 saturated heterocycles. The van der Waals surface area contributed by atoms with Gasteiger partial charge in [0.15, 0.2) is 5.75 Å². The number of nitrogens with zero attached hydrogens (tertiary/aromatic N) is 3. The topological polar surface area (TPSA) is 152 Å². The molecule has 1 aromatic heterocycles. The third-order valence-electron chi connectivity index (χ3n) is 6.52. The molecule has 5 aromatic rings. The van der Waals surface area contributed by atoms with Gasteiger partial charge in [-0.3, -0.25) is 25.0 Å². The Balaban J connectivity index is 1.33. The van der Waals surface area contributed by atoms with Crippen molar-refractivity contribution in [2.24, 2.45) is 4.99 Å². The van der Waals surface area contributed by atoms with E-state index in [1.54, 1.807) is 54.6 Å². The highest BCUT2D eigenvalue weighted by molar-refractivity contribution is 6.55. The number of aromatic nitrogens is 1. The number of carbonyl (C=O) groups excluding carboxylic acids is 1. The number of nitro benzene ring substituents is 2. The van der Waals surface area contributed by atoms with Crippen LogP contribution in [0.2, 0.25) is 0 Å². The zero-order valence-corrected chi connectivity index (χ0v) is 19.4. The fourth-order valence-corrected chi connectivity index (χ4v) is 4.54. The minimum atomic E-state index is -0.474. The first-order chi connectivity index (χ1) is 18.3. The van der Waals surface area contributed by atoms with Gasteiger partial charge in [-0.05, 0) is 70.8 Å². The molecule has 1 aliphatic heterocycles. The van der Waals surface area contributed by atoms with E-state index >= 15 is 0 Å². The van der Waals surface area contributed by atoms with Crippen LogP contribution in [0.3, 0.4) is 0 Å². The second-order valence-electron chi connectivity index (χ2n) is 8.74. The number of H-pyrrole nitrogens is 1. The smallest absolute Gasteiger partial charge is 0.269 e. The Morgan fingerprint density at radius 1 is 0.711 bits per heavy atom. The summed E-state index contributed by atoms with van der Waals surface area (Å²) in [5.74, 6) is -0.486. The van der Waals surface area contributed by atoms with Gasteiger partial charge in [0.1, 0.15) is 11.4 Å². The predicted molar refractivity (Wildman–Crippen MR) is 141 cm³/mol. The number of nitrogens with one attached hydrogen (secondary N) is 1. The van der Waals surface area contributed by atoms with Crippen molar-refractivity contribution in [1.29, 1.82) is 0 Å². The summed E-state index contributed by atoms with van der Waals surface area (Å²) >= 11 is 0. The van der Waals surface area contributed by atoms with E-state index in [2.05, 4.69) is 9.98 Å². The molecule has 0 spiro atoms. The minimum Gasteiger partial charge on any atom is -0.505 e. The highest BCUT2D eigenvalue weighted by Crippen LogP contribution is 2.38. The van der Waals surface area contributed by atoms with Crippen molar-refractivity contribution in [2.45, 2.75) is 0 Å². The third-order valence-corrected chi connectivity index (χ3v) is 6.52. The summed E-state index contributed by atoms with van der Waals surface area (Å²) in [6, 6.07) is 22.6. The molecule has 2 N–H and O–H groups in total. The normalized spacial score (nSPS) is 12.4. The zero-order chi connectivity index (χ0) is 26.6. The van der Waals surface area contributed by atoms with Crippen LogP contribution in [0.4, 0.5) is 17.1 Å². The molecule has 0 unspecified atom stereocenters. The number of aliphatic imine (C=N–C) groups is 1. The molecule has 38 heavy (non-hydrogen) atoms. The van der Waals surface area contributed by atoms with E-state index in [4.69, 9.17) is 0 Å². The van der Waals surface area contributed by atoms with Crippen molar-refractivity contribution >= 4 is 39.5 Å². The summed E-state index contributed by atoms with van der Waals surface area (Å²) in [6.45, 7) is 0. The van der Waals surface area contributed by atoms with Crippen molar-refractivity contribution in [3.8, 4) is 28.0 Å². The van der Waals surface area contributed by atoms with Crippen molar-refractivity contribution < 1.29 is 19.7 Å². The fourth-order valence-electron chi connectivity index (χ4n) is 4.54. The summed E-state index contributed by atoms with van der Waals surface area (Å²) in [5.41, 5.74) is 4.54. The van der Waals surface area contributed by atoms with Gasteiger partial charge in [0.05, 0.1) is 21.1 Å². The average molecular weight is 504 g/mol. The summed E-state index contributed by atoms with van der Waals surface area (Å²) in [5, 5.41) is 33.4. The minimum absolute atomic E-state index is 0.0179. The highest BCUT2D eigenvalue weighted by atomic mass is 16.6. The number of hydrogen-bond donors (Lipinski definition) is 2. The van der Waals surface area contributed by atoms with E-state index in [-0.39, 0.29) is 34.3 Å². The number of aromatic hydroxyl groups is 1. The van der Waals surface area contributed by atoms with Crippen LogP contribution in [-0.4, -0.2) is 31.4 Å². The maximum atomic E-state index is 13.3. The van der Waals surface area contributed by atoms with Gasteiger partial charge < -0.3 is 10.1 Å². The summed E-state index contributed by atoms with van der Waals surface area (Å²) in [6.07, 6.45) is 0. The standard InChI is InChI=1S/C28H16N4O6/c33-27-21-13-17(15-1-7-19(8-2-15)31(35)36)5-11-23(21)29-25(27)26-28(34)22-14-18(6-12-24(22)30-26)16-3-9-20(10-4-16)32(37)38/h1-14,29,33H. The van der Waals surface area contributed by atoms with Crippen molar-refractivity contribution in [1.82, 2.24) is 4.98 Å². The number of benzene rings is 4. The molecule has 0 aliphatic carbocycles. The third kappa shape index (κ3) is 3.68. The largest absolute Gasteiger partial charge is 0.505 e. The Morgan fingerprint density at radius 2 is 1.24 bits per heavy atom. The number of rotatable bonds is 5. The van der Waals surface area contributed by atoms with Gasteiger partial charge in [-0.1, -0.05) is 12.1 Å². The summed E-state index contributed by atoms with van der Waals surface area (Å²) < 4.78 is 0. The Bertz CT molecular complexity index is 1840. The summed E-state index contributed by atoms with van der Waals surface area (Å²) in [7, 11) is 0.